The highest BCUT2D eigenvalue weighted by molar-refractivity contribution is 6.30. The molecule has 5 nitrogen and oxygen atoms in total. The molecule has 1 saturated heterocycles. The molecule has 45 heavy (non-hydrogen) atoms. The molecule has 0 spiro atoms. The Morgan fingerprint density at radius 3 is 1.91 bits per heavy atom. The minimum absolute atomic E-state index is 0.226. The van der Waals surface area contributed by atoms with Gasteiger partial charge >= 0.3 is 6.09 Å². The molecule has 1 aromatic carbocycles. The van der Waals surface area contributed by atoms with Crippen LogP contribution >= 0.6 is 11.6 Å². The Morgan fingerprint density at radius 1 is 0.933 bits per heavy atom. The molecule has 0 aliphatic carbocycles. The lowest BCUT2D eigenvalue weighted by molar-refractivity contribution is 0.0168. The number of ether oxygens (including phenoxy) is 1. The molecule has 0 unspecified atom stereocenters. The molecule has 1 aliphatic heterocycles. The number of carbonyl (C=O) groups is 1. The summed E-state index contributed by atoms with van der Waals surface area (Å²) in [5, 5.41) is 0.839. The van der Waals surface area contributed by atoms with Crippen LogP contribution in [-0.2, 0) is 11.2 Å². The minimum Gasteiger partial charge on any atom is -0.444 e. The van der Waals surface area contributed by atoms with Crippen LogP contribution in [0.3, 0.4) is 0 Å². The van der Waals surface area contributed by atoms with Crippen molar-refractivity contribution in [3.05, 3.63) is 70.0 Å². The number of piperazine rings is 1. The molecule has 0 aromatic heterocycles. The fraction of sp³-hybridized carbons (Fsp3) is 0.641. The molecule has 1 heterocycles. The fourth-order valence-electron chi connectivity index (χ4n) is 4.36. The van der Waals surface area contributed by atoms with E-state index in [-0.39, 0.29) is 6.09 Å². The standard InChI is InChI=1S/C22H37N3O2.C9H11Cl.C5H12.C3H8/c1-9-11-12-23-18(4)20(17(3)10-2)19(5)24-13-15-25(16-14-24)21(26)27-22(6,7)8;1-2-4-8-5-3-6-9(10)7-8;1-3-5-4-2;1-3-2/h10-12H,9,13-16H2,1-8H3;3,5-7H,2,4H2,1H3;3-5H2,1-2H3;3H2,1-2H3/b12-11+,17-10-,20-19+,23-18+;;;. The average Bonchev–Trinajstić information content (AvgIpc) is 2.98. The number of benzene rings is 1. The first-order valence-electron chi connectivity index (χ1n) is 17.3. The highest BCUT2D eigenvalue weighted by Gasteiger charge is 2.26. The molecule has 6 heteroatoms. The van der Waals surface area contributed by atoms with Crippen LogP contribution in [-0.4, -0.2) is 53.4 Å². The first-order valence-corrected chi connectivity index (χ1v) is 17.6. The third kappa shape index (κ3) is 21.8. The zero-order valence-electron chi connectivity index (χ0n) is 31.4. The molecule has 2 rings (SSSR count). The second kappa shape index (κ2) is 26.7. The normalized spacial score (nSPS) is 14.4. The predicted octanol–water partition coefficient (Wildman–Crippen LogP) is 12.1. The van der Waals surface area contributed by atoms with Gasteiger partial charge in [0.1, 0.15) is 5.60 Å². The summed E-state index contributed by atoms with van der Waals surface area (Å²) in [5.74, 6) is 0. The second-order valence-electron chi connectivity index (χ2n) is 12.3. The Balaban J connectivity index is 0. The van der Waals surface area contributed by atoms with E-state index in [1.165, 1.54) is 54.5 Å². The van der Waals surface area contributed by atoms with Crippen molar-refractivity contribution in [1.29, 1.82) is 0 Å². The zero-order valence-corrected chi connectivity index (χ0v) is 32.1. The molecular formula is C39H68ClN3O2. The minimum atomic E-state index is -0.459. The highest BCUT2D eigenvalue weighted by atomic mass is 35.5. The topological polar surface area (TPSA) is 45.1 Å². The van der Waals surface area contributed by atoms with Crippen molar-refractivity contribution < 1.29 is 9.53 Å². The van der Waals surface area contributed by atoms with E-state index in [1.54, 1.807) is 4.90 Å². The number of rotatable bonds is 9. The molecule has 1 aliphatic rings. The van der Waals surface area contributed by atoms with Gasteiger partial charge in [-0.15, -0.1) is 0 Å². The first kappa shape index (κ1) is 44.6. The van der Waals surface area contributed by atoms with Crippen molar-refractivity contribution in [3.63, 3.8) is 0 Å². The Bertz CT molecular complexity index is 1040. The van der Waals surface area contributed by atoms with Gasteiger partial charge in [0.25, 0.3) is 0 Å². The second-order valence-corrected chi connectivity index (χ2v) is 12.8. The number of hydrogen-bond acceptors (Lipinski definition) is 4. The van der Waals surface area contributed by atoms with Gasteiger partial charge in [0.15, 0.2) is 0 Å². The molecule has 1 amide bonds. The fourth-order valence-corrected chi connectivity index (χ4v) is 4.57. The van der Waals surface area contributed by atoms with E-state index >= 15 is 0 Å². The third-order valence-electron chi connectivity index (χ3n) is 6.70. The molecule has 0 bridgehead atoms. The summed E-state index contributed by atoms with van der Waals surface area (Å²) in [5.41, 5.74) is 5.50. The maximum atomic E-state index is 12.3. The van der Waals surface area contributed by atoms with E-state index < -0.39 is 5.60 Å². The van der Waals surface area contributed by atoms with E-state index in [0.717, 1.165) is 36.7 Å². The van der Waals surface area contributed by atoms with Gasteiger partial charge < -0.3 is 14.5 Å². The summed E-state index contributed by atoms with van der Waals surface area (Å²) in [7, 11) is 0. The molecule has 1 fully saturated rings. The van der Waals surface area contributed by atoms with E-state index in [4.69, 9.17) is 16.3 Å². The number of nitrogens with zero attached hydrogens (tertiary/aromatic N) is 3. The van der Waals surface area contributed by atoms with Crippen molar-refractivity contribution in [2.75, 3.05) is 26.2 Å². The SMILES string of the molecule is CCC.CCCCC.CCCc1cccc(Cl)c1.C\C=C(C)/C(C(/C)=N/C=C/CC)=C(/C)N1CCN(C(=O)OC(C)(C)C)CC1. The number of amides is 1. The predicted molar refractivity (Wildman–Crippen MR) is 201 cm³/mol. The number of hydrogen-bond donors (Lipinski definition) is 0. The van der Waals surface area contributed by atoms with Gasteiger partial charge in [-0.3, -0.25) is 4.99 Å². The molecule has 0 N–H and O–H groups in total. The van der Waals surface area contributed by atoms with Crippen LogP contribution in [0.1, 0.15) is 134 Å². The summed E-state index contributed by atoms with van der Waals surface area (Å²) in [6, 6.07) is 8.02. The number of aryl methyl sites for hydroxylation is 1. The van der Waals surface area contributed by atoms with Crippen LogP contribution < -0.4 is 0 Å². The smallest absolute Gasteiger partial charge is 0.410 e. The van der Waals surface area contributed by atoms with Crippen LogP contribution in [0.15, 0.2) is 64.5 Å². The van der Waals surface area contributed by atoms with Gasteiger partial charge in [0, 0.05) is 54.4 Å². The van der Waals surface area contributed by atoms with Gasteiger partial charge in [0.2, 0.25) is 0 Å². The van der Waals surface area contributed by atoms with Crippen LogP contribution in [0.2, 0.25) is 5.02 Å². The summed E-state index contributed by atoms with van der Waals surface area (Å²) >= 11 is 5.78. The summed E-state index contributed by atoms with van der Waals surface area (Å²) < 4.78 is 5.49. The van der Waals surface area contributed by atoms with Crippen molar-refractivity contribution in [1.82, 2.24) is 9.80 Å². The molecular weight excluding hydrogens is 578 g/mol. The van der Waals surface area contributed by atoms with Crippen molar-refractivity contribution in [2.24, 2.45) is 4.99 Å². The van der Waals surface area contributed by atoms with Crippen molar-refractivity contribution >= 4 is 23.4 Å². The maximum absolute atomic E-state index is 12.3. The van der Waals surface area contributed by atoms with Crippen LogP contribution in [0, 0.1) is 0 Å². The van der Waals surface area contributed by atoms with E-state index in [2.05, 4.69) is 97.3 Å². The lowest BCUT2D eigenvalue weighted by Gasteiger charge is -2.38. The maximum Gasteiger partial charge on any atom is 0.410 e. The Hall–Kier alpha value is -2.53. The number of aliphatic imine (C=N–C) groups is 1. The van der Waals surface area contributed by atoms with Crippen molar-refractivity contribution in [3.8, 4) is 0 Å². The van der Waals surface area contributed by atoms with Gasteiger partial charge in [-0.05, 0) is 84.6 Å². The Kier molecular flexibility index (Phi) is 26.4. The highest BCUT2D eigenvalue weighted by Crippen LogP contribution is 2.22. The number of carbonyl (C=O) groups excluding carboxylic acids is 1. The number of halogens is 1. The van der Waals surface area contributed by atoms with Gasteiger partial charge in [-0.1, -0.05) is 110 Å². The molecule has 1 aromatic rings. The van der Waals surface area contributed by atoms with Crippen LogP contribution in [0.25, 0.3) is 0 Å². The largest absolute Gasteiger partial charge is 0.444 e. The Morgan fingerprint density at radius 2 is 1.49 bits per heavy atom. The summed E-state index contributed by atoms with van der Waals surface area (Å²) in [6.07, 6.45) is 14.4. The van der Waals surface area contributed by atoms with E-state index in [9.17, 15) is 4.79 Å². The molecule has 258 valence electrons. The lowest BCUT2D eigenvalue weighted by Crippen LogP contribution is -2.49. The Labute approximate surface area is 283 Å². The average molecular weight is 646 g/mol. The quantitative estimate of drug-likeness (QED) is 0.198. The summed E-state index contributed by atoms with van der Waals surface area (Å²) in [6.45, 7) is 29.9. The molecule has 0 radical (unpaired) electrons. The van der Waals surface area contributed by atoms with Crippen LogP contribution in [0.4, 0.5) is 4.79 Å². The zero-order chi connectivity index (χ0) is 34.8. The molecule has 0 atom stereocenters. The van der Waals surface area contributed by atoms with Crippen molar-refractivity contribution in [2.45, 2.75) is 141 Å². The lowest BCUT2D eigenvalue weighted by atomic mass is 10.00. The monoisotopic (exact) mass is 646 g/mol. The molecule has 0 saturated carbocycles. The first-order chi connectivity index (χ1) is 21.3. The summed E-state index contributed by atoms with van der Waals surface area (Å²) in [4.78, 5) is 21.0. The van der Waals surface area contributed by atoms with Gasteiger partial charge in [-0.25, -0.2) is 4.79 Å². The number of unbranched alkanes of at least 4 members (excludes halogenated alkanes) is 2. The van der Waals surface area contributed by atoms with Crippen LogP contribution in [0.5, 0.6) is 0 Å². The number of allylic oxidation sites excluding steroid dienone is 5. The van der Waals surface area contributed by atoms with E-state index in [1.807, 2.05) is 45.2 Å². The third-order valence-corrected chi connectivity index (χ3v) is 6.94. The van der Waals surface area contributed by atoms with Gasteiger partial charge in [-0.2, -0.15) is 0 Å². The van der Waals surface area contributed by atoms with Gasteiger partial charge in [0.05, 0.1) is 0 Å². The van der Waals surface area contributed by atoms with E-state index in [0.29, 0.717) is 13.1 Å².